The molecule has 3 rings (SSSR count). The van der Waals surface area contributed by atoms with E-state index in [-0.39, 0.29) is 5.95 Å². The van der Waals surface area contributed by atoms with E-state index in [9.17, 15) is 0 Å². The van der Waals surface area contributed by atoms with E-state index in [0.717, 1.165) is 11.1 Å². The Bertz CT molecular complexity index is 736. The van der Waals surface area contributed by atoms with Crippen molar-refractivity contribution in [1.29, 1.82) is 0 Å². The summed E-state index contributed by atoms with van der Waals surface area (Å²) in [5.41, 5.74) is 7.94. The SMILES string of the molecule is Nc1nc(Cc2ccc(Cl)cc2)nc(Cc2ccc(Cl)cc2)n1. The Labute approximate surface area is 144 Å². The van der Waals surface area contributed by atoms with Gasteiger partial charge in [0.15, 0.2) is 0 Å². The fourth-order valence-electron chi connectivity index (χ4n) is 2.22. The quantitative estimate of drug-likeness (QED) is 0.778. The molecule has 0 aliphatic rings. The molecule has 0 atom stereocenters. The van der Waals surface area contributed by atoms with Gasteiger partial charge < -0.3 is 5.73 Å². The van der Waals surface area contributed by atoms with E-state index in [1.54, 1.807) is 0 Å². The molecule has 0 aliphatic heterocycles. The van der Waals surface area contributed by atoms with Gasteiger partial charge in [0.1, 0.15) is 11.6 Å². The van der Waals surface area contributed by atoms with Crippen molar-refractivity contribution in [1.82, 2.24) is 15.0 Å². The molecule has 3 aromatic rings. The molecule has 6 heteroatoms. The largest absolute Gasteiger partial charge is 0.368 e. The average molecular weight is 345 g/mol. The van der Waals surface area contributed by atoms with Crippen LogP contribution in [0.25, 0.3) is 0 Å². The van der Waals surface area contributed by atoms with Crippen LogP contribution in [0.2, 0.25) is 10.0 Å². The van der Waals surface area contributed by atoms with E-state index in [1.807, 2.05) is 48.5 Å². The summed E-state index contributed by atoms with van der Waals surface area (Å²) in [5, 5.41) is 1.40. The van der Waals surface area contributed by atoms with Crippen LogP contribution in [0.4, 0.5) is 5.95 Å². The van der Waals surface area contributed by atoms with Crippen LogP contribution in [-0.4, -0.2) is 15.0 Å². The molecule has 2 aromatic carbocycles. The molecule has 0 aliphatic carbocycles. The summed E-state index contributed by atoms with van der Waals surface area (Å²) in [6, 6.07) is 15.2. The summed E-state index contributed by atoms with van der Waals surface area (Å²) in [6.45, 7) is 0. The van der Waals surface area contributed by atoms with E-state index in [2.05, 4.69) is 15.0 Å². The summed E-state index contributed by atoms with van der Waals surface area (Å²) < 4.78 is 0. The number of anilines is 1. The first-order chi connectivity index (χ1) is 11.1. The van der Waals surface area contributed by atoms with Gasteiger partial charge >= 0.3 is 0 Å². The topological polar surface area (TPSA) is 64.7 Å². The summed E-state index contributed by atoms with van der Waals surface area (Å²) in [5.74, 6) is 1.51. The van der Waals surface area contributed by atoms with Crippen LogP contribution in [0, 0.1) is 0 Å². The highest BCUT2D eigenvalue weighted by Gasteiger charge is 2.07. The minimum Gasteiger partial charge on any atom is -0.368 e. The van der Waals surface area contributed by atoms with E-state index in [0.29, 0.717) is 34.5 Å². The van der Waals surface area contributed by atoms with Gasteiger partial charge in [-0.25, -0.2) is 4.98 Å². The van der Waals surface area contributed by atoms with Gasteiger partial charge in [-0.3, -0.25) is 0 Å². The van der Waals surface area contributed by atoms with Gasteiger partial charge in [-0.15, -0.1) is 0 Å². The third-order valence-electron chi connectivity index (χ3n) is 3.30. The normalized spacial score (nSPS) is 10.7. The number of hydrogen-bond donors (Lipinski definition) is 1. The molecule has 116 valence electrons. The fourth-order valence-corrected chi connectivity index (χ4v) is 2.47. The van der Waals surface area contributed by atoms with Crippen LogP contribution in [0.3, 0.4) is 0 Å². The number of rotatable bonds is 4. The molecule has 0 saturated carbocycles. The minimum absolute atomic E-state index is 0.230. The van der Waals surface area contributed by atoms with Crippen LogP contribution >= 0.6 is 23.2 Å². The number of benzene rings is 2. The molecular formula is C17H14Cl2N4. The Morgan fingerprint density at radius 3 is 1.43 bits per heavy atom. The molecule has 0 unspecified atom stereocenters. The van der Waals surface area contributed by atoms with Crippen molar-refractivity contribution < 1.29 is 0 Å². The second-order valence-corrected chi connectivity index (χ2v) is 6.01. The van der Waals surface area contributed by atoms with Gasteiger partial charge in [-0.05, 0) is 35.4 Å². The Morgan fingerprint density at radius 1 is 0.652 bits per heavy atom. The zero-order chi connectivity index (χ0) is 16.2. The first kappa shape index (κ1) is 15.7. The van der Waals surface area contributed by atoms with Crippen LogP contribution in [0.5, 0.6) is 0 Å². The number of nitrogen functional groups attached to an aromatic ring is 1. The Kier molecular flexibility index (Phi) is 4.74. The van der Waals surface area contributed by atoms with E-state index < -0.39 is 0 Å². The maximum atomic E-state index is 5.90. The van der Waals surface area contributed by atoms with Crippen molar-refractivity contribution >= 4 is 29.2 Å². The van der Waals surface area contributed by atoms with Gasteiger partial charge in [-0.1, -0.05) is 47.5 Å². The smallest absolute Gasteiger partial charge is 0.223 e. The molecule has 4 nitrogen and oxygen atoms in total. The molecule has 1 heterocycles. The molecule has 0 amide bonds. The average Bonchev–Trinajstić information content (AvgIpc) is 2.51. The second-order valence-electron chi connectivity index (χ2n) is 5.13. The predicted molar refractivity (Wildman–Crippen MR) is 92.8 cm³/mol. The Morgan fingerprint density at radius 2 is 1.04 bits per heavy atom. The third kappa shape index (κ3) is 4.41. The van der Waals surface area contributed by atoms with Crippen molar-refractivity contribution in [2.75, 3.05) is 5.73 Å². The van der Waals surface area contributed by atoms with Crippen molar-refractivity contribution in [3.05, 3.63) is 81.4 Å². The van der Waals surface area contributed by atoms with Gasteiger partial charge in [0.25, 0.3) is 0 Å². The summed E-state index contributed by atoms with van der Waals surface area (Å²) >= 11 is 11.8. The Balaban J connectivity index is 1.81. The van der Waals surface area contributed by atoms with Gasteiger partial charge in [0, 0.05) is 22.9 Å². The summed E-state index contributed by atoms with van der Waals surface area (Å²) in [4.78, 5) is 12.9. The number of nitrogens with zero attached hydrogens (tertiary/aromatic N) is 3. The molecule has 1 aromatic heterocycles. The number of nitrogens with two attached hydrogens (primary N) is 1. The Hall–Kier alpha value is -2.17. The number of aromatic nitrogens is 3. The highest BCUT2D eigenvalue weighted by atomic mass is 35.5. The van der Waals surface area contributed by atoms with Crippen molar-refractivity contribution in [2.24, 2.45) is 0 Å². The fraction of sp³-hybridized carbons (Fsp3) is 0.118. The maximum Gasteiger partial charge on any atom is 0.223 e. The van der Waals surface area contributed by atoms with Gasteiger partial charge in [0.2, 0.25) is 5.95 Å². The van der Waals surface area contributed by atoms with Crippen LogP contribution in [-0.2, 0) is 12.8 Å². The summed E-state index contributed by atoms with van der Waals surface area (Å²) in [6.07, 6.45) is 1.16. The highest BCUT2D eigenvalue weighted by molar-refractivity contribution is 6.30. The predicted octanol–water partition coefficient (Wildman–Crippen LogP) is 3.94. The van der Waals surface area contributed by atoms with Gasteiger partial charge in [-0.2, -0.15) is 9.97 Å². The molecule has 0 radical (unpaired) electrons. The first-order valence-corrected chi connectivity index (χ1v) is 7.82. The zero-order valence-electron chi connectivity index (χ0n) is 12.2. The minimum atomic E-state index is 0.230. The van der Waals surface area contributed by atoms with E-state index >= 15 is 0 Å². The van der Waals surface area contributed by atoms with Crippen molar-refractivity contribution in [3.63, 3.8) is 0 Å². The highest BCUT2D eigenvalue weighted by Crippen LogP contribution is 2.14. The van der Waals surface area contributed by atoms with Crippen molar-refractivity contribution in [3.8, 4) is 0 Å². The molecule has 0 bridgehead atoms. The van der Waals surface area contributed by atoms with Crippen LogP contribution in [0.15, 0.2) is 48.5 Å². The van der Waals surface area contributed by atoms with Gasteiger partial charge in [0.05, 0.1) is 0 Å². The molecule has 0 fully saturated rings. The lowest BCUT2D eigenvalue weighted by atomic mass is 10.1. The second kappa shape index (κ2) is 6.94. The van der Waals surface area contributed by atoms with E-state index in [1.165, 1.54) is 0 Å². The molecule has 2 N–H and O–H groups in total. The lowest BCUT2D eigenvalue weighted by molar-refractivity contribution is 0.859. The lowest BCUT2D eigenvalue weighted by Gasteiger charge is -2.06. The standard InChI is InChI=1S/C17H14Cl2N4/c18-13-5-1-11(2-6-13)9-15-21-16(23-17(20)22-15)10-12-3-7-14(19)8-4-12/h1-8H,9-10H2,(H2,20,21,22,23). The third-order valence-corrected chi connectivity index (χ3v) is 3.80. The van der Waals surface area contributed by atoms with Crippen molar-refractivity contribution in [2.45, 2.75) is 12.8 Å². The molecule has 0 saturated heterocycles. The first-order valence-electron chi connectivity index (χ1n) is 7.07. The zero-order valence-corrected chi connectivity index (χ0v) is 13.7. The number of halogens is 2. The molecule has 23 heavy (non-hydrogen) atoms. The summed E-state index contributed by atoms with van der Waals surface area (Å²) in [7, 11) is 0. The van der Waals surface area contributed by atoms with Crippen LogP contribution < -0.4 is 5.73 Å². The maximum absolute atomic E-state index is 5.90. The molecular weight excluding hydrogens is 331 g/mol. The lowest BCUT2D eigenvalue weighted by Crippen LogP contribution is -2.08. The monoisotopic (exact) mass is 344 g/mol. The van der Waals surface area contributed by atoms with Crippen LogP contribution in [0.1, 0.15) is 22.8 Å². The van der Waals surface area contributed by atoms with E-state index in [4.69, 9.17) is 28.9 Å². The number of hydrogen-bond acceptors (Lipinski definition) is 4. The molecule has 0 spiro atoms.